The zero-order valence-electron chi connectivity index (χ0n) is 19.3. The van der Waals surface area contributed by atoms with Gasteiger partial charge in [-0.1, -0.05) is 61.4 Å². The van der Waals surface area contributed by atoms with E-state index in [0.717, 1.165) is 25.7 Å². The lowest BCUT2D eigenvalue weighted by atomic mass is 9.98. The van der Waals surface area contributed by atoms with Gasteiger partial charge in [-0.15, -0.1) is 0 Å². The summed E-state index contributed by atoms with van der Waals surface area (Å²) in [7, 11) is 0. The number of rotatable bonds is 12. The molecule has 0 bridgehead atoms. The predicted octanol–water partition coefficient (Wildman–Crippen LogP) is 4.31. The normalized spacial score (nSPS) is 18.0. The summed E-state index contributed by atoms with van der Waals surface area (Å²) in [6, 6.07) is 16.4. The zero-order chi connectivity index (χ0) is 23.9. The van der Waals surface area contributed by atoms with E-state index in [0.29, 0.717) is 19.5 Å². The van der Waals surface area contributed by atoms with Crippen LogP contribution in [0.3, 0.4) is 0 Å². The van der Waals surface area contributed by atoms with Crippen LogP contribution in [0.1, 0.15) is 55.6 Å². The van der Waals surface area contributed by atoms with Crippen LogP contribution in [0, 0.1) is 11.8 Å². The van der Waals surface area contributed by atoms with Crippen molar-refractivity contribution in [3.05, 3.63) is 59.7 Å². The maximum atomic E-state index is 12.3. The van der Waals surface area contributed by atoms with Crippen molar-refractivity contribution >= 4 is 18.0 Å². The van der Waals surface area contributed by atoms with Crippen LogP contribution in [0.15, 0.2) is 48.5 Å². The number of fused-ring (bicyclic) bond motifs is 3. The van der Waals surface area contributed by atoms with Crippen molar-refractivity contribution in [2.45, 2.75) is 44.4 Å². The highest BCUT2D eigenvalue weighted by atomic mass is 16.5. The summed E-state index contributed by atoms with van der Waals surface area (Å²) in [5.41, 5.74) is 4.74. The Morgan fingerprint density at radius 2 is 1.53 bits per heavy atom. The first-order valence-electron chi connectivity index (χ1n) is 12.1. The summed E-state index contributed by atoms with van der Waals surface area (Å²) >= 11 is 0. The largest absolute Gasteiger partial charge is 0.481 e. The van der Waals surface area contributed by atoms with Crippen molar-refractivity contribution in [3.63, 3.8) is 0 Å². The first-order chi connectivity index (χ1) is 16.5. The minimum atomic E-state index is -0.764. The highest BCUT2D eigenvalue weighted by Crippen LogP contribution is 2.44. The minimum absolute atomic E-state index is 0.0294. The van der Waals surface area contributed by atoms with Crippen LogP contribution in [0.2, 0.25) is 0 Å². The molecule has 1 saturated carbocycles. The van der Waals surface area contributed by atoms with E-state index in [1.165, 1.54) is 22.3 Å². The fourth-order valence-electron chi connectivity index (χ4n) is 4.76. The lowest BCUT2D eigenvalue weighted by Crippen LogP contribution is -2.30. The summed E-state index contributed by atoms with van der Waals surface area (Å²) < 4.78 is 5.55. The molecular weight excluding hydrogens is 432 g/mol. The van der Waals surface area contributed by atoms with Gasteiger partial charge >= 0.3 is 12.1 Å². The Balaban J connectivity index is 1.13. The van der Waals surface area contributed by atoms with Crippen molar-refractivity contribution in [1.29, 1.82) is 0 Å². The standard InChI is InChI=1S/C27H32N2O5/c30-25(31)13-3-1-2-8-14-28-26(32)23-15-18(23)16-29-27(33)34-17-24-21-11-6-4-9-19(21)20-10-5-7-12-22(20)24/h4-7,9-12,18,23-24H,1-3,8,13-17H2,(H,28,32)(H,29,33)(H,30,31). The molecule has 0 aromatic heterocycles. The number of alkyl carbamates (subject to hydrolysis) is 1. The van der Waals surface area contributed by atoms with Gasteiger partial charge in [0.2, 0.25) is 5.91 Å². The number of carboxylic acids is 1. The van der Waals surface area contributed by atoms with E-state index in [2.05, 4.69) is 34.9 Å². The van der Waals surface area contributed by atoms with Crippen LogP contribution in [-0.4, -0.2) is 42.8 Å². The van der Waals surface area contributed by atoms with Gasteiger partial charge in [0, 0.05) is 31.3 Å². The van der Waals surface area contributed by atoms with Gasteiger partial charge in [0.15, 0.2) is 0 Å². The van der Waals surface area contributed by atoms with Crippen LogP contribution in [0.4, 0.5) is 4.79 Å². The second-order valence-corrected chi connectivity index (χ2v) is 9.16. The summed E-state index contributed by atoms with van der Waals surface area (Å²) in [4.78, 5) is 35.0. The maximum absolute atomic E-state index is 12.3. The Morgan fingerprint density at radius 1 is 0.882 bits per heavy atom. The van der Waals surface area contributed by atoms with Gasteiger partial charge in [0.05, 0.1) is 0 Å². The second-order valence-electron chi connectivity index (χ2n) is 9.16. The van der Waals surface area contributed by atoms with E-state index >= 15 is 0 Å². The first-order valence-corrected chi connectivity index (χ1v) is 12.1. The van der Waals surface area contributed by atoms with Gasteiger partial charge in [-0.3, -0.25) is 9.59 Å². The van der Waals surface area contributed by atoms with E-state index in [-0.39, 0.29) is 36.7 Å². The monoisotopic (exact) mass is 464 g/mol. The average Bonchev–Trinajstić information content (AvgIpc) is 3.55. The Kier molecular flexibility index (Phi) is 7.83. The lowest BCUT2D eigenvalue weighted by molar-refractivity contribution is -0.137. The number of ether oxygens (including phenoxy) is 1. The molecule has 0 saturated heterocycles. The van der Waals surface area contributed by atoms with Crippen LogP contribution >= 0.6 is 0 Å². The van der Waals surface area contributed by atoms with Gasteiger partial charge in [0.1, 0.15) is 6.61 Å². The number of nitrogens with one attached hydrogen (secondary N) is 2. The molecule has 2 aliphatic rings. The maximum Gasteiger partial charge on any atom is 0.407 e. The zero-order valence-corrected chi connectivity index (χ0v) is 19.3. The molecule has 0 spiro atoms. The van der Waals surface area contributed by atoms with Gasteiger partial charge in [-0.05, 0) is 47.4 Å². The Labute approximate surface area is 199 Å². The van der Waals surface area contributed by atoms with Crippen molar-refractivity contribution in [2.75, 3.05) is 19.7 Å². The Morgan fingerprint density at radius 3 is 2.21 bits per heavy atom. The first kappa shape index (κ1) is 23.8. The summed E-state index contributed by atoms with van der Waals surface area (Å²) in [5, 5.41) is 14.4. The van der Waals surface area contributed by atoms with Crippen LogP contribution in [-0.2, 0) is 14.3 Å². The van der Waals surface area contributed by atoms with Crippen LogP contribution < -0.4 is 10.6 Å². The number of hydrogen-bond acceptors (Lipinski definition) is 4. The number of aliphatic carboxylic acids is 1. The highest BCUT2D eigenvalue weighted by molar-refractivity contribution is 5.82. The van der Waals surface area contributed by atoms with Gasteiger partial charge < -0.3 is 20.5 Å². The van der Waals surface area contributed by atoms with Crippen molar-refractivity contribution in [2.24, 2.45) is 11.8 Å². The van der Waals surface area contributed by atoms with Crippen molar-refractivity contribution < 1.29 is 24.2 Å². The molecule has 3 N–H and O–H groups in total. The number of unbranched alkanes of at least 4 members (excludes halogenated alkanes) is 3. The molecule has 4 rings (SSSR count). The van der Waals surface area contributed by atoms with Crippen molar-refractivity contribution in [1.82, 2.24) is 10.6 Å². The lowest BCUT2D eigenvalue weighted by Gasteiger charge is -2.14. The third kappa shape index (κ3) is 5.95. The SMILES string of the molecule is O=C(O)CCCCCCNC(=O)C1CC1CNC(=O)OCC1c2ccccc2-c2ccccc21. The second kappa shape index (κ2) is 11.2. The van der Waals surface area contributed by atoms with Crippen LogP contribution in [0.5, 0.6) is 0 Å². The number of amides is 2. The molecule has 0 aliphatic heterocycles. The number of carbonyl (C=O) groups is 3. The number of carbonyl (C=O) groups excluding carboxylic acids is 2. The Hall–Kier alpha value is -3.35. The van der Waals surface area contributed by atoms with Gasteiger partial charge in [-0.25, -0.2) is 4.79 Å². The van der Waals surface area contributed by atoms with E-state index in [1.54, 1.807) is 0 Å². The smallest absolute Gasteiger partial charge is 0.407 e. The van der Waals surface area contributed by atoms with Gasteiger partial charge in [0.25, 0.3) is 0 Å². The van der Waals surface area contributed by atoms with Gasteiger partial charge in [-0.2, -0.15) is 0 Å². The molecule has 2 aromatic rings. The molecule has 2 aromatic carbocycles. The quantitative estimate of drug-likeness (QED) is 0.406. The molecule has 2 aliphatic carbocycles. The van der Waals surface area contributed by atoms with E-state index in [1.807, 2.05) is 24.3 Å². The molecule has 2 atom stereocenters. The Bertz CT molecular complexity index is 992. The topological polar surface area (TPSA) is 105 Å². The number of hydrogen-bond donors (Lipinski definition) is 3. The summed E-state index contributed by atoms with van der Waals surface area (Å²) in [6.45, 7) is 1.32. The molecule has 1 fully saturated rings. The third-order valence-electron chi connectivity index (χ3n) is 6.73. The molecule has 2 unspecified atom stereocenters. The summed E-state index contributed by atoms with van der Waals surface area (Å²) in [6.07, 6.45) is 3.81. The molecule has 7 nitrogen and oxygen atoms in total. The highest BCUT2D eigenvalue weighted by Gasteiger charge is 2.42. The number of benzene rings is 2. The molecule has 34 heavy (non-hydrogen) atoms. The number of carboxylic acid groups (broad SMARTS) is 1. The van der Waals surface area contributed by atoms with Crippen molar-refractivity contribution in [3.8, 4) is 11.1 Å². The fraction of sp³-hybridized carbons (Fsp3) is 0.444. The predicted molar refractivity (Wildman–Crippen MR) is 128 cm³/mol. The van der Waals surface area contributed by atoms with Crippen LogP contribution in [0.25, 0.3) is 11.1 Å². The molecular formula is C27H32N2O5. The third-order valence-corrected chi connectivity index (χ3v) is 6.73. The van der Waals surface area contributed by atoms with E-state index < -0.39 is 12.1 Å². The molecule has 0 radical (unpaired) electrons. The molecule has 7 heteroatoms. The molecule has 0 heterocycles. The van der Waals surface area contributed by atoms with E-state index in [9.17, 15) is 14.4 Å². The van der Waals surface area contributed by atoms with E-state index in [4.69, 9.17) is 9.84 Å². The molecule has 2 amide bonds. The minimum Gasteiger partial charge on any atom is -0.481 e. The molecule has 180 valence electrons. The average molecular weight is 465 g/mol. The summed E-state index contributed by atoms with van der Waals surface area (Å²) in [5.74, 6) is -0.608. The fourth-order valence-corrected chi connectivity index (χ4v) is 4.76.